The van der Waals surface area contributed by atoms with Crippen molar-refractivity contribution in [2.75, 3.05) is 11.9 Å². The summed E-state index contributed by atoms with van der Waals surface area (Å²) in [6.07, 6.45) is 2.76. The van der Waals surface area contributed by atoms with Crippen molar-refractivity contribution in [3.05, 3.63) is 58.6 Å². The highest BCUT2D eigenvalue weighted by Crippen LogP contribution is 2.21. The lowest BCUT2D eigenvalue weighted by molar-refractivity contribution is 0.102. The number of aryl methyl sites for hydroxylation is 1. The van der Waals surface area contributed by atoms with E-state index < -0.39 is 10.0 Å². The van der Waals surface area contributed by atoms with Crippen molar-refractivity contribution < 1.29 is 13.2 Å². The Balaban J connectivity index is 2.13. The molecule has 2 rings (SSSR count). The van der Waals surface area contributed by atoms with E-state index in [1.807, 2.05) is 6.92 Å². The van der Waals surface area contributed by atoms with Crippen LogP contribution in [0.2, 0.25) is 5.02 Å². The molecular weight excluding hydrogens is 372 g/mol. The fraction of sp³-hybridized carbons (Fsp3) is 0.316. The van der Waals surface area contributed by atoms with Crippen LogP contribution in [0.5, 0.6) is 0 Å². The second-order valence-electron chi connectivity index (χ2n) is 6.05. The van der Waals surface area contributed by atoms with Crippen LogP contribution in [0.1, 0.15) is 42.1 Å². The maximum absolute atomic E-state index is 12.5. The average Bonchev–Trinajstić information content (AvgIpc) is 2.61. The summed E-state index contributed by atoms with van der Waals surface area (Å²) in [7, 11) is -3.63. The van der Waals surface area contributed by atoms with Gasteiger partial charge in [0.2, 0.25) is 10.0 Å². The van der Waals surface area contributed by atoms with Gasteiger partial charge in [-0.3, -0.25) is 4.79 Å². The Morgan fingerprint density at radius 1 is 1.12 bits per heavy atom. The average molecular weight is 395 g/mol. The Bertz CT molecular complexity index is 882. The minimum absolute atomic E-state index is 0.0782. The third-order valence-corrected chi connectivity index (χ3v) is 5.61. The molecule has 0 spiro atoms. The Kier molecular flexibility index (Phi) is 7.20. The molecule has 0 radical (unpaired) electrons. The molecule has 1 amide bonds. The lowest BCUT2D eigenvalue weighted by Gasteiger charge is -2.10. The number of hydrogen-bond donors (Lipinski definition) is 2. The third kappa shape index (κ3) is 5.56. The first-order valence-electron chi connectivity index (χ1n) is 8.50. The van der Waals surface area contributed by atoms with E-state index in [9.17, 15) is 13.2 Å². The molecular formula is C19H23ClN2O3S. The van der Waals surface area contributed by atoms with E-state index in [0.717, 1.165) is 24.8 Å². The van der Waals surface area contributed by atoms with Crippen LogP contribution < -0.4 is 10.0 Å². The van der Waals surface area contributed by atoms with Crippen LogP contribution in [-0.4, -0.2) is 20.9 Å². The molecule has 0 fully saturated rings. The van der Waals surface area contributed by atoms with Crippen LogP contribution in [0.4, 0.5) is 5.69 Å². The van der Waals surface area contributed by atoms with Gasteiger partial charge in [-0.2, -0.15) is 0 Å². The van der Waals surface area contributed by atoms with Crippen LogP contribution in [0.25, 0.3) is 0 Å². The molecule has 0 bridgehead atoms. The molecule has 0 saturated carbocycles. The molecule has 0 aliphatic heterocycles. The van der Waals surface area contributed by atoms with Crippen molar-refractivity contribution in [3.63, 3.8) is 0 Å². The van der Waals surface area contributed by atoms with Gasteiger partial charge in [-0.1, -0.05) is 37.4 Å². The molecule has 7 heteroatoms. The third-order valence-electron chi connectivity index (χ3n) is 3.92. The predicted octanol–water partition coefficient (Wildman–Crippen LogP) is 4.37. The zero-order valence-corrected chi connectivity index (χ0v) is 16.5. The molecule has 140 valence electrons. The number of unbranched alkanes of at least 4 members (excludes halogenated alkanes) is 2. The molecule has 26 heavy (non-hydrogen) atoms. The predicted molar refractivity (Wildman–Crippen MR) is 105 cm³/mol. The van der Waals surface area contributed by atoms with E-state index >= 15 is 0 Å². The quantitative estimate of drug-likeness (QED) is 0.653. The van der Waals surface area contributed by atoms with Crippen molar-refractivity contribution in [3.8, 4) is 0 Å². The van der Waals surface area contributed by atoms with Gasteiger partial charge >= 0.3 is 0 Å². The number of rotatable bonds is 8. The number of hydrogen-bond acceptors (Lipinski definition) is 3. The number of sulfonamides is 1. The maximum Gasteiger partial charge on any atom is 0.255 e. The fourth-order valence-electron chi connectivity index (χ4n) is 2.43. The minimum atomic E-state index is -3.63. The highest BCUT2D eigenvalue weighted by Gasteiger charge is 2.16. The molecule has 2 N–H and O–H groups in total. The number of amides is 1. The normalized spacial score (nSPS) is 11.3. The largest absolute Gasteiger partial charge is 0.322 e. The molecule has 2 aromatic carbocycles. The van der Waals surface area contributed by atoms with Crippen molar-refractivity contribution in [1.82, 2.24) is 4.72 Å². The maximum atomic E-state index is 12.5. The highest BCUT2D eigenvalue weighted by molar-refractivity contribution is 7.89. The van der Waals surface area contributed by atoms with Gasteiger partial charge in [-0.15, -0.1) is 0 Å². The summed E-state index contributed by atoms with van der Waals surface area (Å²) in [4.78, 5) is 12.5. The number of benzene rings is 2. The van der Waals surface area contributed by atoms with Gasteiger partial charge in [0, 0.05) is 22.8 Å². The smallest absolute Gasteiger partial charge is 0.255 e. The molecule has 2 aromatic rings. The standard InChI is InChI=1S/C19H23ClN2O3S/c1-3-4-5-11-21-26(24,25)17-8-6-7-15(13-17)19(23)22-18-10-9-16(20)12-14(18)2/h6-10,12-13,21H,3-5,11H2,1-2H3,(H,22,23). The summed E-state index contributed by atoms with van der Waals surface area (Å²) in [5.74, 6) is -0.376. The molecule has 5 nitrogen and oxygen atoms in total. The van der Waals surface area contributed by atoms with Gasteiger partial charge in [0.25, 0.3) is 5.91 Å². The minimum Gasteiger partial charge on any atom is -0.322 e. The molecule has 0 aromatic heterocycles. The van der Waals surface area contributed by atoms with E-state index in [0.29, 0.717) is 17.3 Å². The SMILES string of the molecule is CCCCCNS(=O)(=O)c1cccc(C(=O)Nc2ccc(Cl)cc2C)c1. The molecule has 0 unspecified atom stereocenters. The fourth-order valence-corrected chi connectivity index (χ4v) is 3.78. The summed E-state index contributed by atoms with van der Waals surface area (Å²) in [5, 5.41) is 3.37. The number of carbonyl (C=O) groups excluding carboxylic acids is 1. The van der Waals surface area contributed by atoms with Gasteiger partial charge in [0.15, 0.2) is 0 Å². The Labute approximate surface area is 159 Å². The monoisotopic (exact) mass is 394 g/mol. The second-order valence-corrected chi connectivity index (χ2v) is 8.25. The number of halogens is 1. The number of nitrogens with one attached hydrogen (secondary N) is 2. The van der Waals surface area contributed by atoms with Crippen LogP contribution in [0.3, 0.4) is 0 Å². The highest BCUT2D eigenvalue weighted by atomic mass is 35.5. The lowest BCUT2D eigenvalue weighted by atomic mass is 10.1. The van der Waals surface area contributed by atoms with Crippen LogP contribution in [-0.2, 0) is 10.0 Å². The van der Waals surface area contributed by atoms with Crippen LogP contribution in [0.15, 0.2) is 47.4 Å². The Morgan fingerprint density at radius 3 is 2.58 bits per heavy atom. The van der Waals surface area contributed by atoms with E-state index in [1.165, 1.54) is 12.1 Å². The zero-order chi connectivity index (χ0) is 19.2. The number of anilines is 1. The second kappa shape index (κ2) is 9.16. The topological polar surface area (TPSA) is 75.3 Å². The summed E-state index contributed by atoms with van der Waals surface area (Å²) in [6.45, 7) is 4.28. The lowest BCUT2D eigenvalue weighted by Crippen LogP contribution is -2.25. The zero-order valence-electron chi connectivity index (χ0n) is 14.9. The van der Waals surface area contributed by atoms with E-state index in [1.54, 1.807) is 30.3 Å². The first-order valence-corrected chi connectivity index (χ1v) is 10.4. The van der Waals surface area contributed by atoms with Crippen molar-refractivity contribution in [2.45, 2.75) is 38.0 Å². The summed E-state index contributed by atoms with van der Waals surface area (Å²) in [6, 6.07) is 11.1. The van der Waals surface area contributed by atoms with Crippen molar-refractivity contribution >= 4 is 33.2 Å². The first kappa shape index (κ1) is 20.4. The van der Waals surface area contributed by atoms with E-state index in [4.69, 9.17) is 11.6 Å². The Hall–Kier alpha value is -1.89. The van der Waals surface area contributed by atoms with Gasteiger partial charge in [0.1, 0.15) is 0 Å². The van der Waals surface area contributed by atoms with Gasteiger partial charge in [-0.25, -0.2) is 13.1 Å². The summed E-state index contributed by atoms with van der Waals surface area (Å²) < 4.78 is 27.3. The van der Waals surface area contributed by atoms with E-state index in [-0.39, 0.29) is 16.4 Å². The molecule has 0 saturated heterocycles. The first-order chi connectivity index (χ1) is 12.3. The molecule has 0 aliphatic carbocycles. The van der Waals surface area contributed by atoms with Crippen LogP contribution in [0, 0.1) is 6.92 Å². The van der Waals surface area contributed by atoms with Gasteiger partial charge < -0.3 is 5.32 Å². The van der Waals surface area contributed by atoms with Crippen molar-refractivity contribution in [2.24, 2.45) is 0 Å². The Morgan fingerprint density at radius 2 is 1.88 bits per heavy atom. The van der Waals surface area contributed by atoms with Gasteiger partial charge in [0.05, 0.1) is 4.90 Å². The number of carbonyl (C=O) groups is 1. The molecule has 0 heterocycles. The molecule has 0 atom stereocenters. The van der Waals surface area contributed by atoms with Gasteiger partial charge in [-0.05, 0) is 55.3 Å². The summed E-state index contributed by atoms with van der Waals surface area (Å²) in [5.41, 5.74) is 1.73. The van der Waals surface area contributed by atoms with Crippen molar-refractivity contribution in [1.29, 1.82) is 0 Å². The van der Waals surface area contributed by atoms with Crippen LogP contribution >= 0.6 is 11.6 Å². The van der Waals surface area contributed by atoms with E-state index in [2.05, 4.69) is 17.0 Å². The summed E-state index contributed by atoms with van der Waals surface area (Å²) >= 11 is 5.92. The molecule has 0 aliphatic rings.